The summed E-state index contributed by atoms with van der Waals surface area (Å²) < 4.78 is 10.6. The summed E-state index contributed by atoms with van der Waals surface area (Å²) in [6.07, 6.45) is 5.79. The molecule has 0 fully saturated rings. The van der Waals surface area contributed by atoms with Gasteiger partial charge in [0.1, 0.15) is 0 Å². The molecule has 0 aliphatic carbocycles. The van der Waals surface area contributed by atoms with Gasteiger partial charge in [0.05, 0.1) is 13.7 Å². The summed E-state index contributed by atoms with van der Waals surface area (Å²) in [7, 11) is 1.54. The van der Waals surface area contributed by atoms with E-state index in [4.69, 9.17) is 21.6 Å². The zero-order chi connectivity index (χ0) is 14.1. The first-order valence-electron chi connectivity index (χ1n) is 5.91. The van der Waals surface area contributed by atoms with Gasteiger partial charge in [-0.25, -0.2) is 0 Å². The molecule has 0 unspecified atom stereocenters. The fraction of sp³-hybridized carbons (Fsp3) is 0.357. The molecule has 0 radical (unpaired) electrons. The number of amides is 1. The van der Waals surface area contributed by atoms with Gasteiger partial charge in [0.25, 0.3) is 5.91 Å². The molecule has 1 amide bonds. The first-order valence-corrected chi connectivity index (χ1v) is 5.91. The fourth-order valence-corrected chi connectivity index (χ4v) is 1.50. The number of benzene rings is 1. The Morgan fingerprint density at radius 3 is 2.89 bits per heavy atom. The van der Waals surface area contributed by atoms with E-state index < -0.39 is 0 Å². The smallest absolute Gasteiger partial charge is 0.258 e. The Hall–Kier alpha value is -2.19. The Morgan fingerprint density at radius 2 is 2.26 bits per heavy atom. The van der Waals surface area contributed by atoms with E-state index in [1.54, 1.807) is 13.2 Å². The van der Waals surface area contributed by atoms with Crippen LogP contribution in [0.3, 0.4) is 0 Å². The molecule has 0 spiro atoms. The van der Waals surface area contributed by atoms with E-state index in [1.807, 2.05) is 12.1 Å². The Balaban J connectivity index is 2.67. The molecule has 0 saturated heterocycles. The van der Waals surface area contributed by atoms with Gasteiger partial charge in [0.15, 0.2) is 18.1 Å². The number of ether oxygens (including phenoxy) is 2. The van der Waals surface area contributed by atoms with Crippen LogP contribution in [0.1, 0.15) is 5.56 Å². The van der Waals surface area contributed by atoms with Crippen LogP contribution in [-0.4, -0.2) is 32.7 Å². The molecule has 0 heterocycles. The molecule has 3 N–H and O–H groups in total. The minimum absolute atomic E-state index is 0.107. The number of terminal acetylenes is 1. The van der Waals surface area contributed by atoms with Gasteiger partial charge in [-0.2, -0.15) is 0 Å². The minimum Gasteiger partial charge on any atom is -0.493 e. The van der Waals surface area contributed by atoms with Crippen molar-refractivity contribution in [2.45, 2.75) is 6.42 Å². The van der Waals surface area contributed by atoms with Crippen LogP contribution >= 0.6 is 0 Å². The second-order valence-electron chi connectivity index (χ2n) is 3.79. The lowest BCUT2D eigenvalue weighted by Crippen LogP contribution is -2.29. The largest absolute Gasteiger partial charge is 0.493 e. The van der Waals surface area contributed by atoms with Gasteiger partial charge in [-0.05, 0) is 30.7 Å². The maximum Gasteiger partial charge on any atom is 0.258 e. The molecule has 5 heteroatoms. The molecule has 0 saturated carbocycles. The molecule has 0 bridgehead atoms. The van der Waals surface area contributed by atoms with E-state index in [2.05, 4.69) is 11.2 Å². The average molecular weight is 262 g/mol. The minimum atomic E-state index is -0.274. The highest BCUT2D eigenvalue weighted by Gasteiger charge is 2.08. The van der Waals surface area contributed by atoms with Crippen molar-refractivity contribution in [1.82, 2.24) is 5.32 Å². The summed E-state index contributed by atoms with van der Waals surface area (Å²) in [6, 6.07) is 5.52. The zero-order valence-electron chi connectivity index (χ0n) is 10.9. The summed E-state index contributed by atoms with van der Waals surface area (Å²) in [5.74, 6) is 3.14. The van der Waals surface area contributed by atoms with Crippen molar-refractivity contribution < 1.29 is 14.3 Å². The van der Waals surface area contributed by atoms with Crippen LogP contribution in [0.4, 0.5) is 0 Å². The Morgan fingerprint density at radius 1 is 1.47 bits per heavy atom. The van der Waals surface area contributed by atoms with E-state index in [1.165, 1.54) is 0 Å². The van der Waals surface area contributed by atoms with Crippen LogP contribution in [0.5, 0.6) is 11.5 Å². The molecule has 19 heavy (non-hydrogen) atoms. The number of methoxy groups -OCH3 is 1. The van der Waals surface area contributed by atoms with Crippen molar-refractivity contribution >= 4 is 5.91 Å². The second kappa shape index (κ2) is 8.01. The monoisotopic (exact) mass is 262 g/mol. The van der Waals surface area contributed by atoms with Crippen LogP contribution in [0.15, 0.2) is 18.2 Å². The van der Waals surface area contributed by atoms with Gasteiger partial charge in [0, 0.05) is 0 Å². The Labute approximate surface area is 113 Å². The first kappa shape index (κ1) is 14.9. The van der Waals surface area contributed by atoms with Gasteiger partial charge in [-0.1, -0.05) is 12.0 Å². The lowest BCUT2D eigenvalue weighted by atomic mass is 10.1. The van der Waals surface area contributed by atoms with E-state index in [0.717, 1.165) is 12.0 Å². The molecule has 0 aliphatic rings. The van der Waals surface area contributed by atoms with Crippen LogP contribution < -0.4 is 20.5 Å². The van der Waals surface area contributed by atoms with Crippen LogP contribution in [0.2, 0.25) is 0 Å². The number of carbonyl (C=O) groups is 1. The summed E-state index contributed by atoms with van der Waals surface area (Å²) in [6.45, 7) is 0.630. The molecule has 102 valence electrons. The summed E-state index contributed by atoms with van der Waals surface area (Å²) in [4.78, 5) is 11.4. The molecule has 0 atom stereocenters. The topological polar surface area (TPSA) is 73.6 Å². The molecule has 5 nitrogen and oxygen atoms in total. The molecular formula is C14H18N2O3. The van der Waals surface area contributed by atoms with Gasteiger partial charge >= 0.3 is 0 Å². The third-order valence-corrected chi connectivity index (χ3v) is 2.41. The standard InChI is InChI=1S/C14H18N2O3/c1-3-8-16-14(17)10-19-13-9-11(6-7-15)4-5-12(13)18-2/h1,4-5,9H,6-8,10,15H2,2H3,(H,16,17). The van der Waals surface area contributed by atoms with Crippen LogP contribution in [0.25, 0.3) is 0 Å². The Kier molecular flexibility index (Phi) is 6.27. The summed E-state index contributed by atoms with van der Waals surface area (Å²) in [5, 5.41) is 2.52. The SMILES string of the molecule is C#CCNC(=O)COc1cc(CCN)ccc1OC. The number of hydrogen-bond acceptors (Lipinski definition) is 4. The van der Waals surface area contributed by atoms with Crippen LogP contribution in [0, 0.1) is 12.3 Å². The van der Waals surface area contributed by atoms with Gasteiger partial charge in [-0.3, -0.25) is 4.79 Å². The van der Waals surface area contributed by atoms with E-state index in [-0.39, 0.29) is 19.1 Å². The maximum atomic E-state index is 11.4. The quantitative estimate of drug-likeness (QED) is 0.694. The van der Waals surface area contributed by atoms with Gasteiger partial charge < -0.3 is 20.5 Å². The number of carbonyl (C=O) groups excluding carboxylic acids is 1. The van der Waals surface area contributed by atoms with Gasteiger partial charge in [0.2, 0.25) is 0 Å². The second-order valence-corrected chi connectivity index (χ2v) is 3.79. The third-order valence-electron chi connectivity index (χ3n) is 2.41. The van der Waals surface area contributed by atoms with Crippen molar-refractivity contribution in [3.8, 4) is 23.8 Å². The number of hydrogen-bond donors (Lipinski definition) is 2. The third kappa shape index (κ3) is 4.90. The lowest BCUT2D eigenvalue weighted by molar-refractivity contribution is -0.122. The highest BCUT2D eigenvalue weighted by atomic mass is 16.5. The first-order chi connectivity index (χ1) is 9.21. The normalized spacial score (nSPS) is 9.53. The zero-order valence-corrected chi connectivity index (χ0v) is 10.9. The number of nitrogens with two attached hydrogens (primary N) is 1. The van der Waals surface area contributed by atoms with Crippen molar-refractivity contribution in [1.29, 1.82) is 0 Å². The summed E-state index contributed by atoms with van der Waals surface area (Å²) >= 11 is 0. The van der Waals surface area contributed by atoms with Gasteiger partial charge in [-0.15, -0.1) is 6.42 Å². The summed E-state index contributed by atoms with van der Waals surface area (Å²) in [5.41, 5.74) is 6.53. The van der Waals surface area contributed by atoms with Crippen molar-refractivity contribution in [2.75, 3.05) is 26.8 Å². The molecule has 0 aromatic heterocycles. The average Bonchev–Trinajstić information content (AvgIpc) is 2.43. The fourth-order valence-electron chi connectivity index (χ4n) is 1.50. The number of nitrogens with one attached hydrogen (secondary N) is 1. The van der Waals surface area contributed by atoms with Crippen LogP contribution in [-0.2, 0) is 11.2 Å². The predicted molar refractivity (Wildman–Crippen MR) is 73.1 cm³/mol. The molecule has 1 aromatic rings. The molecule has 1 aromatic carbocycles. The maximum absolute atomic E-state index is 11.4. The molecular weight excluding hydrogens is 244 g/mol. The predicted octanol–water partition coefficient (Wildman–Crippen LogP) is 0.325. The lowest BCUT2D eigenvalue weighted by Gasteiger charge is -2.11. The van der Waals surface area contributed by atoms with Crippen molar-refractivity contribution in [2.24, 2.45) is 5.73 Å². The van der Waals surface area contributed by atoms with Crippen molar-refractivity contribution in [3.63, 3.8) is 0 Å². The van der Waals surface area contributed by atoms with E-state index in [0.29, 0.717) is 18.0 Å². The molecule has 0 aliphatic heterocycles. The highest BCUT2D eigenvalue weighted by Crippen LogP contribution is 2.28. The van der Waals surface area contributed by atoms with Crippen molar-refractivity contribution in [3.05, 3.63) is 23.8 Å². The van der Waals surface area contributed by atoms with E-state index >= 15 is 0 Å². The highest BCUT2D eigenvalue weighted by molar-refractivity contribution is 5.77. The Bertz CT molecular complexity index is 466. The molecule has 1 rings (SSSR count). The van der Waals surface area contributed by atoms with E-state index in [9.17, 15) is 4.79 Å². The number of rotatable bonds is 7.